The van der Waals surface area contributed by atoms with Gasteiger partial charge in [-0.2, -0.15) is 0 Å². The normalized spacial score (nSPS) is 16.1. The molecule has 15 heteroatoms. The maximum Gasteiger partial charge on any atom is 0.259 e. The van der Waals surface area contributed by atoms with Crippen LogP contribution < -0.4 is 5.32 Å². The standard InChI is InChI=1S/C25H23F2N7O.C14H12ClFN2O/c1-14-9-18(27)17(10-21(14)33-12-20(28-13-33)15-5-6-15)25(35)30-22-4-2-3-19(29-22)24-32-31-23-8-7-16(11-26)34(23)24;1-8-4-11(16)10(14(15)19)5-13(8)18-6-12(17-7-18)9-2-3-9/h2-4,9-10,12-13,15-16H,5-8,11H2,1H3,(H,29,30,35);4-7,9H,2-3H2,1H3/t16-;/m0./s1. The van der Waals surface area contributed by atoms with Gasteiger partial charge in [-0.25, -0.2) is 28.1 Å². The highest BCUT2D eigenvalue weighted by atomic mass is 35.5. The molecular weight excluding hydrogens is 719 g/mol. The van der Waals surface area contributed by atoms with Crippen LogP contribution in [-0.2, 0) is 6.42 Å². The summed E-state index contributed by atoms with van der Waals surface area (Å²) in [4.78, 5) is 37.5. The van der Waals surface area contributed by atoms with Gasteiger partial charge in [0.1, 0.15) is 35.6 Å². The summed E-state index contributed by atoms with van der Waals surface area (Å²) in [5.41, 5.74) is 5.15. The second kappa shape index (κ2) is 14.3. The minimum Gasteiger partial charge on any atom is -0.306 e. The SMILES string of the molecule is Cc1cc(F)c(C(=O)Cl)cc1-n1cnc(C2CC2)c1.Cc1cc(F)c(C(=O)Nc2cccc(-c3nnc4n3[C@H](CF)CC4)n2)cc1-n1cnc(C2CC2)c1. The number of nitrogens with one attached hydrogen (secondary N) is 1. The van der Waals surface area contributed by atoms with E-state index < -0.39 is 29.5 Å². The number of benzene rings is 2. The lowest BCUT2D eigenvalue weighted by molar-refractivity contribution is 0.102. The zero-order valence-corrected chi connectivity index (χ0v) is 30.2. The summed E-state index contributed by atoms with van der Waals surface area (Å²) in [6.45, 7) is 3.07. The van der Waals surface area contributed by atoms with Crippen LogP contribution in [0, 0.1) is 25.5 Å². The topological polar surface area (TPSA) is 125 Å². The lowest BCUT2D eigenvalue weighted by atomic mass is 10.1. The minimum absolute atomic E-state index is 0.0969. The molecule has 1 N–H and O–H groups in total. The Balaban J connectivity index is 0.000000183. The molecule has 1 aliphatic heterocycles. The maximum atomic E-state index is 14.8. The number of halogens is 4. The van der Waals surface area contributed by atoms with E-state index in [4.69, 9.17) is 11.6 Å². The van der Waals surface area contributed by atoms with Crippen molar-refractivity contribution in [3.63, 3.8) is 0 Å². The molecule has 11 nitrogen and oxygen atoms in total. The molecule has 3 aliphatic rings. The van der Waals surface area contributed by atoms with Crippen LogP contribution in [0.15, 0.2) is 67.5 Å². The zero-order chi connectivity index (χ0) is 37.7. The van der Waals surface area contributed by atoms with E-state index in [0.717, 1.165) is 41.3 Å². The van der Waals surface area contributed by atoms with E-state index in [1.54, 1.807) is 49.3 Å². The number of nitrogens with zero attached hydrogens (tertiary/aromatic N) is 8. The molecule has 4 aromatic heterocycles. The number of alkyl halides is 1. The van der Waals surface area contributed by atoms with Gasteiger partial charge in [0.2, 0.25) is 0 Å². The molecule has 2 fully saturated rings. The summed E-state index contributed by atoms with van der Waals surface area (Å²) in [6, 6.07) is 10.4. The van der Waals surface area contributed by atoms with E-state index in [-0.39, 0.29) is 23.0 Å². The van der Waals surface area contributed by atoms with Gasteiger partial charge < -0.3 is 19.0 Å². The number of fused-ring (bicyclic) bond motifs is 1. The molecule has 0 spiro atoms. The van der Waals surface area contributed by atoms with E-state index >= 15 is 0 Å². The fourth-order valence-electron chi connectivity index (χ4n) is 6.76. The molecule has 0 saturated heterocycles. The molecule has 54 heavy (non-hydrogen) atoms. The first kappa shape index (κ1) is 35.4. The van der Waals surface area contributed by atoms with Gasteiger partial charge >= 0.3 is 0 Å². The highest BCUT2D eigenvalue weighted by Crippen LogP contribution is 2.40. The molecule has 0 bridgehead atoms. The van der Waals surface area contributed by atoms with Crippen LogP contribution in [0.1, 0.15) is 99.0 Å². The van der Waals surface area contributed by atoms with Crippen LogP contribution in [0.4, 0.5) is 19.0 Å². The Bertz CT molecular complexity index is 2410. The fraction of sp³-hybridized carbons (Fsp3) is 0.308. The quantitative estimate of drug-likeness (QED) is 0.148. The summed E-state index contributed by atoms with van der Waals surface area (Å²) in [5, 5.41) is 10.2. The lowest BCUT2D eigenvalue weighted by Gasteiger charge is -2.13. The van der Waals surface area contributed by atoms with Crippen LogP contribution in [0.2, 0.25) is 0 Å². The van der Waals surface area contributed by atoms with Crippen molar-refractivity contribution in [2.24, 2.45) is 0 Å². The monoisotopic (exact) mass is 753 g/mol. The van der Waals surface area contributed by atoms with Crippen molar-refractivity contribution in [2.75, 3.05) is 12.0 Å². The predicted molar refractivity (Wildman–Crippen MR) is 195 cm³/mol. The fourth-order valence-corrected chi connectivity index (χ4v) is 6.90. The van der Waals surface area contributed by atoms with Gasteiger partial charge in [0, 0.05) is 30.7 Å². The highest BCUT2D eigenvalue weighted by molar-refractivity contribution is 6.67. The first-order chi connectivity index (χ1) is 26.1. The van der Waals surface area contributed by atoms with Gasteiger partial charge in [0.05, 0.1) is 52.6 Å². The summed E-state index contributed by atoms with van der Waals surface area (Å²) < 4.78 is 47.3. The van der Waals surface area contributed by atoms with Gasteiger partial charge in [-0.15, -0.1) is 10.2 Å². The van der Waals surface area contributed by atoms with Crippen molar-refractivity contribution in [3.8, 4) is 22.9 Å². The zero-order valence-electron chi connectivity index (χ0n) is 29.4. The number of aryl methyl sites for hydroxylation is 3. The number of rotatable bonds is 9. The molecule has 5 heterocycles. The molecule has 6 aromatic rings. The molecule has 9 rings (SSSR count). The first-order valence-electron chi connectivity index (χ1n) is 17.7. The van der Waals surface area contributed by atoms with Crippen LogP contribution in [0.5, 0.6) is 0 Å². The van der Waals surface area contributed by atoms with Crippen molar-refractivity contribution in [3.05, 3.63) is 119 Å². The average molecular weight is 754 g/mol. The highest BCUT2D eigenvalue weighted by Gasteiger charge is 2.29. The number of hydrogen-bond donors (Lipinski definition) is 1. The Morgan fingerprint density at radius 2 is 1.43 bits per heavy atom. The third-order valence-electron chi connectivity index (χ3n) is 10.0. The molecule has 0 unspecified atom stereocenters. The largest absolute Gasteiger partial charge is 0.306 e. The Hall–Kier alpha value is -5.63. The molecular formula is C39H35ClF3N9O2. The lowest BCUT2D eigenvalue weighted by Crippen LogP contribution is -2.16. The Kier molecular flexibility index (Phi) is 9.38. The van der Waals surface area contributed by atoms with Crippen molar-refractivity contribution >= 4 is 28.6 Å². The van der Waals surface area contributed by atoms with Crippen molar-refractivity contribution in [2.45, 2.75) is 70.3 Å². The Labute approximate surface area is 313 Å². The van der Waals surface area contributed by atoms with Gasteiger partial charge in [-0.05, 0) is 105 Å². The van der Waals surface area contributed by atoms with E-state index in [0.29, 0.717) is 47.4 Å². The first-order valence-corrected chi connectivity index (χ1v) is 18.1. The van der Waals surface area contributed by atoms with Crippen LogP contribution >= 0.6 is 11.6 Å². The van der Waals surface area contributed by atoms with Crippen molar-refractivity contribution < 1.29 is 22.8 Å². The number of carbonyl (C=O) groups is 2. The number of anilines is 1. The van der Waals surface area contributed by atoms with Crippen molar-refractivity contribution in [1.29, 1.82) is 0 Å². The maximum absolute atomic E-state index is 14.8. The molecule has 1 amide bonds. The molecule has 2 aliphatic carbocycles. The number of imidazole rings is 2. The second-order valence-electron chi connectivity index (χ2n) is 14.0. The average Bonchev–Trinajstić information content (AvgIpc) is 3.96. The van der Waals surface area contributed by atoms with Crippen LogP contribution in [0.25, 0.3) is 22.9 Å². The van der Waals surface area contributed by atoms with Crippen LogP contribution in [-0.4, -0.2) is 56.7 Å². The van der Waals surface area contributed by atoms with Gasteiger partial charge in [-0.3, -0.25) is 9.59 Å². The third-order valence-corrected chi connectivity index (χ3v) is 10.2. The number of aromatic nitrogens is 8. The van der Waals surface area contributed by atoms with E-state index in [1.165, 1.54) is 37.1 Å². The number of hydrogen-bond acceptors (Lipinski definition) is 7. The Morgan fingerprint density at radius 3 is 2.00 bits per heavy atom. The van der Waals surface area contributed by atoms with E-state index in [9.17, 15) is 22.8 Å². The molecule has 2 aromatic carbocycles. The van der Waals surface area contributed by atoms with Gasteiger partial charge in [0.15, 0.2) is 5.82 Å². The molecule has 276 valence electrons. The van der Waals surface area contributed by atoms with Gasteiger partial charge in [-0.1, -0.05) is 6.07 Å². The summed E-state index contributed by atoms with van der Waals surface area (Å²) in [7, 11) is 0. The third kappa shape index (κ3) is 7.05. The van der Waals surface area contributed by atoms with Crippen LogP contribution in [0.3, 0.4) is 0 Å². The van der Waals surface area contributed by atoms with Gasteiger partial charge in [0.25, 0.3) is 11.1 Å². The minimum atomic E-state index is -0.790. The summed E-state index contributed by atoms with van der Waals surface area (Å²) >= 11 is 5.38. The Morgan fingerprint density at radius 1 is 0.833 bits per heavy atom. The molecule has 1 atom stereocenters. The summed E-state index contributed by atoms with van der Waals surface area (Å²) in [5.74, 6) is 0.612. The van der Waals surface area contributed by atoms with E-state index in [2.05, 4.69) is 30.5 Å². The molecule has 2 saturated carbocycles. The number of carbonyl (C=O) groups excluding carboxylic acids is 2. The van der Waals surface area contributed by atoms with Crippen molar-refractivity contribution in [1.82, 2.24) is 38.9 Å². The van der Waals surface area contributed by atoms with E-state index in [1.807, 2.05) is 21.5 Å². The summed E-state index contributed by atoms with van der Waals surface area (Å²) in [6.07, 6.45) is 13.2. The predicted octanol–water partition coefficient (Wildman–Crippen LogP) is 8.14. The smallest absolute Gasteiger partial charge is 0.259 e. The number of pyridine rings is 1. The number of amides is 1. The molecule has 0 radical (unpaired) electrons. The second-order valence-corrected chi connectivity index (χ2v) is 14.3.